The molecule has 0 aliphatic carbocycles. The molecule has 3 atom stereocenters. The molecule has 0 saturated carbocycles. The van der Waals surface area contributed by atoms with Gasteiger partial charge in [0, 0.05) is 31.2 Å². The Balaban J connectivity index is 2.38. The van der Waals surface area contributed by atoms with Crippen LogP contribution < -0.4 is 5.32 Å². The van der Waals surface area contributed by atoms with Gasteiger partial charge in [-0.05, 0) is 32.6 Å². The summed E-state index contributed by atoms with van der Waals surface area (Å²) in [6.07, 6.45) is 2.77. The van der Waals surface area contributed by atoms with Crippen molar-refractivity contribution in [3.05, 3.63) is 0 Å². The fourth-order valence-electron chi connectivity index (χ4n) is 2.46. The Morgan fingerprint density at radius 2 is 1.87 bits per heavy atom. The van der Waals surface area contributed by atoms with Gasteiger partial charge in [-0.2, -0.15) is 0 Å². The van der Waals surface area contributed by atoms with Crippen LogP contribution in [0.1, 0.15) is 47.5 Å². The van der Waals surface area contributed by atoms with Crippen molar-refractivity contribution >= 4 is 0 Å². The predicted octanol–water partition coefficient (Wildman–Crippen LogP) is 2.49. The van der Waals surface area contributed by atoms with E-state index in [9.17, 15) is 0 Å². The van der Waals surface area contributed by atoms with Crippen molar-refractivity contribution in [3.63, 3.8) is 0 Å². The molecule has 0 aromatic carbocycles. The molecule has 15 heavy (non-hydrogen) atoms. The average molecular weight is 212 g/mol. The van der Waals surface area contributed by atoms with Crippen molar-refractivity contribution in [1.29, 1.82) is 0 Å². The molecule has 0 amide bonds. The van der Waals surface area contributed by atoms with E-state index >= 15 is 0 Å². The molecule has 0 spiro atoms. The highest BCUT2D eigenvalue weighted by Crippen LogP contribution is 2.23. The lowest BCUT2D eigenvalue weighted by Gasteiger charge is -2.41. The first-order valence-corrected chi connectivity index (χ1v) is 6.49. The van der Waals surface area contributed by atoms with Crippen LogP contribution in [-0.2, 0) is 0 Å². The summed E-state index contributed by atoms with van der Waals surface area (Å²) in [5.74, 6) is 0.878. The van der Waals surface area contributed by atoms with Crippen molar-refractivity contribution in [2.45, 2.75) is 65.6 Å². The summed E-state index contributed by atoms with van der Waals surface area (Å²) in [5, 5.41) is 3.54. The monoisotopic (exact) mass is 212 g/mol. The zero-order valence-electron chi connectivity index (χ0n) is 11.1. The molecule has 0 bridgehead atoms. The molecule has 1 N–H and O–H groups in total. The Morgan fingerprint density at radius 1 is 1.20 bits per heavy atom. The normalized spacial score (nSPS) is 30.8. The first-order valence-electron chi connectivity index (χ1n) is 6.49. The second-order valence-electron chi connectivity index (χ2n) is 5.64. The third-order valence-electron chi connectivity index (χ3n) is 3.55. The van der Waals surface area contributed by atoms with E-state index in [2.05, 4.69) is 44.8 Å². The van der Waals surface area contributed by atoms with Gasteiger partial charge in [-0.1, -0.05) is 20.8 Å². The number of nitrogens with one attached hydrogen (secondary N) is 1. The lowest BCUT2D eigenvalue weighted by Crippen LogP contribution is -2.50. The van der Waals surface area contributed by atoms with Gasteiger partial charge in [0.05, 0.1) is 0 Å². The highest BCUT2D eigenvalue weighted by atomic mass is 15.2. The Hall–Kier alpha value is -0.0800. The highest BCUT2D eigenvalue weighted by molar-refractivity contribution is 4.82. The smallest absolute Gasteiger partial charge is 0.0195 e. The molecule has 2 nitrogen and oxygen atoms in total. The molecular weight excluding hydrogens is 184 g/mol. The van der Waals surface area contributed by atoms with E-state index in [4.69, 9.17) is 0 Å². The molecule has 1 aliphatic rings. The van der Waals surface area contributed by atoms with Crippen LogP contribution in [0.5, 0.6) is 0 Å². The Kier molecular flexibility index (Phi) is 5.07. The Bertz CT molecular complexity index is 179. The van der Waals surface area contributed by atoms with Crippen LogP contribution >= 0.6 is 0 Å². The number of nitrogens with zero attached hydrogens (tertiary/aromatic N) is 1. The maximum atomic E-state index is 3.54. The van der Waals surface area contributed by atoms with E-state index in [-0.39, 0.29) is 0 Å². The Labute approximate surface area is 95.4 Å². The Morgan fingerprint density at radius 3 is 2.47 bits per heavy atom. The number of hydrogen-bond acceptors (Lipinski definition) is 2. The minimum atomic E-state index is 0.602. The van der Waals surface area contributed by atoms with Gasteiger partial charge >= 0.3 is 0 Å². The fraction of sp³-hybridized carbons (Fsp3) is 1.00. The number of rotatable bonds is 4. The van der Waals surface area contributed by atoms with Crippen molar-refractivity contribution < 1.29 is 0 Å². The van der Waals surface area contributed by atoms with Gasteiger partial charge in [-0.15, -0.1) is 0 Å². The van der Waals surface area contributed by atoms with Crippen molar-refractivity contribution in [2.24, 2.45) is 5.92 Å². The van der Waals surface area contributed by atoms with E-state index in [0.717, 1.165) is 18.5 Å². The first-order chi connectivity index (χ1) is 7.00. The van der Waals surface area contributed by atoms with Crippen molar-refractivity contribution in [2.75, 3.05) is 13.1 Å². The molecule has 0 aromatic heterocycles. The molecule has 1 heterocycles. The minimum Gasteiger partial charge on any atom is -0.313 e. The molecule has 90 valence electrons. The molecular formula is C13H28N2. The van der Waals surface area contributed by atoms with Gasteiger partial charge in [-0.25, -0.2) is 0 Å². The van der Waals surface area contributed by atoms with Crippen LogP contribution in [0.15, 0.2) is 0 Å². The minimum absolute atomic E-state index is 0.602. The average Bonchev–Trinajstić information content (AvgIpc) is 2.18. The third-order valence-corrected chi connectivity index (χ3v) is 3.55. The number of hydrogen-bond donors (Lipinski definition) is 1. The lowest BCUT2D eigenvalue weighted by atomic mass is 9.93. The van der Waals surface area contributed by atoms with E-state index in [1.54, 1.807) is 0 Å². The van der Waals surface area contributed by atoms with Crippen LogP contribution in [0.3, 0.4) is 0 Å². The molecule has 0 aromatic rings. The van der Waals surface area contributed by atoms with E-state index in [1.165, 1.54) is 19.4 Å². The topological polar surface area (TPSA) is 15.3 Å². The molecule has 1 aliphatic heterocycles. The lowest BCUT2D eigenvalue weighted by molar-refractivity contribution is 0.0832. The number of piperidine rings is 1. The predicted molar refractivity (Wildman–Crippen MR) is 67.2 cm³/mol. The second kappa shape index (κ2) is 5.86. The highest BCUT2D eigenvalue weighted by Gasteiger charge is 2.26. The maximum Gasteiger partial charge on any atom is 0.0195 e. The van der Waals surface area contributed by atoms with Crippen LogP contribution in [0, 0.1) is 5.92 Å². The molecule has 3 unspecified atom stereocenters. The summed E-state index contributed by atoms with van der Waals surface area (Å²) < 4.78 is 0. The van der Waals surface area contributed by atoms with Gasteiger partial charge in [0.2, 0.25) is 0 Å². The standard InChI is InChI=1S/C13H28N2/c1-10(2)14-8-13(5)15-9-11(3)6-7-12(15)4/h10-14H,6-9H2,1-5H3. The molecule has 0 radical (unpaired) electrons. The van der Waals surface area contributed by atoms with Crippen LogP contribution in [0.25, 0.3) is 0 Å². The summed E-state index contributed by atoms with van der Waals surface area (Å²) in [6.45, 7) is 13.9. The fourth-order valence-corrected chi connectivity index (χ4v) is 2.46. The first kappa shape index (κ1) is 13.0. The zero-order chi connectivity index (χ0) is 11.4. The quantitative estimate of drug-likeness (QED) is 0.770. The summed E-state index contributed by atoms with van der Waals surface area (Å²) in [6, 6.07) is 2.04. The van der Waals surface area contributed by atoms with Gasteiger partial charge in [-0.3, -0.25) is 4.90 Å². The summed E-state index contributed by atoms with van der Waals surface area (Å²) >= 11 is 0. The largest absolute Gasteiger partial charge is 0.313 e. The summed E-state index contributed by atoms with van der Waals surface area (Å²) in [5.41, 5.74) is 0. The summed E-state index contributed by atoms with van der Waals surface area (Å²) in [7, 11) is 0. The molecule has 1 rings (SSSR count). The molecule has 1 saturated heterocycles. The van der Waals surface area contributed by atoms with Crippen LogP contribution in [0.2, 0.25) is 0 Å². The second-order valence-corrected chi connectivity index (χ2v) is 5.64. The van der Waals surface area contributed by atoms with E-state index in [1.807, 2.05) is 0 Å². The maximum absolute atomic E-state index is 3.54. The number of likely N-dealkylation sites (tertiary alicyclic amines) is 1. The van der Waals surface area contributed by atoms with Gasteiger partial charge < -0.3 is 5.32 Å². The third kappa shape index (κ3) is 4.12. The van der Waals surface area contributed by atoms with E-state index < -0.39 is 0 Å². The zero-order valence-corrected chi connectivity index (χ0v) is 11.1. The summed E-state index contributed by atoms with van der Waals surface area (Å²) in [4.78, 5) is 2.67. The van der Waals surface area contributed by atoms with Gasteiger partial charge in [0.25, 0.3) is 0 Å². The van der Waals surface area contributed by atoms with Gasteiger partial charge in [0.15, 0.2) is 0 Å². The van der Waals surface area contributed by atoms with Crippen LogP contribution in [-0.4, -0.2) is 36.1 Å². The van der Waals surface area contributed by atoms with Crippen molar-refractivity contribution in [3.8, 4) is 0 Å². The van der Waals surface area contributed by atoms with Crippen molar-refractivity contribution in [1.82, 2.24) is 10.2 Å². The van der Waals surface area contributed by atoms with E-state index in [0.29, 0.717) is 12.1 Å². The molecule has 1 fully saturated rings. The SMILES string of the molecule is CC1CCC(C)N(C(C)CNC(C)C)C1. The van der Waals surface area contributed by atoms with Gasteiger partial charge in [0.1, 0.15) is 0 Å². The van der Waals surface area contributed by atoms with Crippen LogP contribution in [0.4, 0.5) is 0 Å². The molecule has 2 heteroatoms.